The van der Waals surface area contributed by atoms with Gasteiger partial charge in [-0.15, -0.1) is 0 Å². The van der Waals surface area contributed by atoms with Crippen LogP contribution in [0, 0.1) is 5.82 Å². The maximum absolute atomic E-state index is 13.9. The lowest BCUT2D eigenvalue weighted by Crippen LogP contribution is -2.47. The van der Waals surface area contributed by atoms with Gasteiger partial charge in [-0.2, -0.15) is 0 Å². The van der Waals surface area contributed by atoms with Gasteiger partial charge in [-0.1, -0.05) is 34.1 Å². The SMILES string of the molecule is O=C(NCCCN1CCN(c2ccccc2F)CC1)c1cccc(Br)c1. The number of anilines is 1. The second-order valence-electron chi connectivity index (χ2n) is 6.40. The summed E-state index contributed by atoms with van der Waals surface area (Å²) in [6, 6.07) is 14.3. The largest absolute Gasteiger partial charge is 0.367 e. The van der Waals surface area contributed by atoms with Crippen LogP contribution >= 0.6 is 15.9 Å². The van der Waals surface area contributed by atoms with E-state index in [4.69, 9.17) is 0 Å². The molecule has 138 valence electrons. The van der Waals surface area contributed by atoms with Gasteiger partial charge in [0.25, 0.3) is 5.91 Å². The summed E-state index contributed by atoms with van der Waals surface area (Å²) in [7, 11) is 0. The molecule has 3 rings (SSSR count). The molecule has 0 bridgehead atoms. The Kier molecular flexibility index (Phi) is 6.63. The number of benzene rings is 2. The van der Waals surface area contributed by atoms with E-state index < -0.39 is 0 Å². The number of carbonyl (C=O) groups excluding carboxylic acids is 1. The lowest BCUT2D eigenvalue weighted by atomic mass is 10.2. The zero-order chi connectivity index (χ0) is 18.4. The second kappa shape index (κ2) is 9.14. The molecular weight excluding hydrogens is 397 g/mol. The summed E-state index contributed by atoms with van der Waals surface area (Å²) >= 11 is 3.38. The molecule has 1 fully saturated rings. The monoisotopic (exact) mass is 419 g/mol. The van der Waals surface area contributed by atoms with E-state index in [1.165, 1.54) is 6.07 Å². The average molecular weight is 420 g/mol. The summed E-state index contributed by atoms with van der Waals surface area (Å²) in [6.45, 7) is 5.06. The molecule has 0 atom stereocenters. The number of para-hydroxylation sites is 1. The molecule has 0 saturated carbocycles. The van der Waals surface area contributed by atoms with Crippen LogP contribution in [0.2, 0.25) is 0 Å². The fraction of sp³-hybridized carbons (Fsp3) is 0.350. The van der Waals surface area contributed by atoms with Crippen LogP contribution < -0.4 is 10.2 Å². The van der Waals surface area contributed by atoms with Crippen LogP contribution in [0.15, 0.2) is 53.0 Å². The molecule has 0 unspecified atom stereocenters. The molecular formula is C20H23BrFN3O. The van der Waals surface area contributed by atoms with Crippen molar-refractivity contribution < 1.29 is 9.18 Å². The average Bonchev–Trinajstić information content (AvgIpc) is 2.66. The number of amides is 1. The molecule has 1 saturated heterocycles. The van der Waals surface area contributed by atoms with Crippen LogP contribution in [0.1, 0.15) is 16.8 Å². The molecule has 1 aliphatic rings. The van der Waals surface area contributed by atoms with Crippen molar-refractivity contribution in [2.45, 2.75) is 6.42 Å². The van der Waals surface area contributed by atoms with Gasteiger partial charge in [0.1, 0.15) is 5.82 Å². The first-order valence-corrected chi connectivity index (χ1v) is 9.68. The Bertz CT molecular complexity index is 747. The highest BCUT2D eigenvalue weighted by atomic mass is 79.9. The fourth-order valence-electron chi connectivity index (χ4n) is 3.16. The molecule has 1 N–H and O–H groups in total. The number of hydrogen-bond acceptors (Lipinski definition) is 3. The molecule has 0 aliphatic carbocycles. The van der Waals surface area contributed by atoms with E-state index in [9.17, 15) is 9.18 Å². The van der Waals surface area contributed by atoms with Crippen LogP contribution in [0.4, 0.5) is 10.1 Å². The molecule has 1 heterocycles. The van der Waals surface area contributed by atoms with E-state index in [1.807, 2.05) is 36.4 Å². The maximum atomic E-state index is 13.9. The third kappa shape index (κ3) is 5.05. The lowest BCUT2D eigenvalue weighted by Gasteiger charge is -2.36. The van der Waals surface area contributed by atoms with Gasteiger partial charge in [0.15, 0.2) is 0 Å². The quantitative estimate of drug-likeness (QED) is 0.727. The number of piperazine rings is 1. The Labute approximate surface area is 162 Å². The molecule has 26 heavy (non-hydrogen) atoms. The van der Waals surface area contributed by atoms with Gasteiger partial charge in [0.05, 0.1) is 5.69 Å². The normalized spacial score (nSPS) is 15.1. The van der Waals surface area contributed by atoms with Crippen molar-refractivity contribution in [3.63, 3.8) is 0 Å². The van der Waals surface area contributed by atoms with Crippen molar-refractivity contribution in [2.75, 3.05) is 44.2 Å². The van der Waals surface area contributed by atoms with Gasteiger partial charge in [-0.05, 0) is 43.3 Å². The number of carbonyl (C=O) groups is 1. The van der Waals surface area contributed by atoms with E-state index in [0.29, 0.717) is 17.8 Å². The summed E-state index contributed by atoms with van der Waals surface area (Å²) in [5, 5.41) is 2.96. The Morgan fingerprint density at radius 2 is 1.85 bits per heavy atom. The molecule has 2 aromatic carbocycles. The van der Waals surface area contributed by atoms with Gasteiger partial charge < -0.3 is 10.2 Å². The fourth-order valence-corrected chi connectivity index (χ4v) is 3.56. The third-order valence-corrected chi connectivity index (χ3v) is 5.08. The van der Waals surface area contributed by atoms with Gasteiger partial charge in [0, 0.05) is 42.8 Å². The van der Waals surface area contributed by atoms with Crippen LogP contribution in [0.25, 0.3) is 0 Å². The minimum atomic E-state index is -0.156. The van der Waals surface area contributed by atoms with Crippen LogP contribution in [0.5, 0.6) is 0 Å². The number of rotatable bonds is 6. The van der Waals surface area contributed by atoms with Crippen molar-refractivity contribution in [2.24, 2.45) is 0 Å². The minimum absolute atomic E-state index is 0.0457. The van der Waals surface area contributed by atoms with Crippen molar-refractivity contribution >= 4 is 27.5 Å². The minimum Gasteiger partial charge on any atom is -0.367 e. The Hall–Kier alpha value is -1.92. The molecule has 0 spiro atoms. The highest BCUT2D eigenvalue weighted by Gasteiger charge is 2.18. The summed E-state index contributed by atoms with van der Waals surface area (Å²) in [4.78, 5) is 16.6. The first-order chi connectivity index (χ1) is 12.6. The third-order valence-electron chi connectivity index (χ3n) is 4.59. The van der Waals surface area contributed by atoms with Gasteiger partial charge in [0.2, 0.25) is 0 Å². The molecule has 0 aromatic heterocycles. The van der Waals surface area contributed by atoms with E-state index in [2.05, 4.69) is 31.0 Å². The predicted octanol–water partition coefficient (Wildman–Crippen LogP) is 3.53. The maximum Gasteiger partial charge on any atom is 0.251 e. The molecule has 4 nitrogen and oxygen atoms in total. The highest BCUT2D eigenvalue weighted by Crippen LogP contribution is 2.20. The predicted molar refractivity (Wildman–Crippen MR) is 106 cm³/mol. The Balaban J connectivity index is 1.37. The Morgan fingerprint density at radius 1 is 1.08 bits per heavy atom. The van der Waals surface area contributed by atoms with Crippen molar-refractivity contribution in [1.29, 1.82) is 0 Å². The highest BCUT2D eigenvalue weighted by molar-refractivity contribution is 9.10. The number of nitrogens with zero attached hydrogens (tertiary/aromatic N) is 2. The molecule has 1 amide bonds. The first kappa shape index (κ1) is 18.9. The van der Waals surface area contributed by atoms with E-state index in [1.54, 1.807) is 6.07 Å². The molecule has 6 heteroatoms. The lowest BCUT2D eigenvalue weighted by molar-refractivity contribution is 0.0951. The molecule has 2 aromatic rings. The van der Waals surface area contributed by atoms with Crippen LogP contribution in [0.3, 0.4) is 0 Å². The topological polar surface area (TPSA) is 35.6 Å². The molecule has 1 aliphatic heterocycles. The van der Waals surface area contributed by atoms with Gasteiger partial charge >= 0.3 is 0 Å². The van der Waals surface area contributed by atoms with Crippen molar-refractivity contribution in [3.05, 3.63) is 64.4 Å². The van der Waals surface area contributed by atoms with E-state index in [0.717, 1.165) is 43.6 Å². The number of halogens is 2. The van der Waals surface area contributed by atoms with Crippen molar-refractivity contribution in [3.8, 4) is 0 Å². The van der Waals surface area contributed by atoms with E-state index in [-0.39, 0.29) is 11.7 Å². The van der Waals surface area contributed by atoms with Crippen molar-refractivity contribution in [1.82, 2.24) is 10.2 Å². The van der Waals surface area contributed by atoms with Gasteiger partial charge in [-0.25, -0.2) is 4.39 Å². The second-order valence-corrected chi connectivity index (χ2v) is 7.32. The number of nitrogens with one attached hydrogen (secondary N) is 1. The number of hydrogen-bond donors (Lipinski definition) is 1. The van der Waals surface area contributed by atoms with Crippen LogP contribution in [-0.4, -0.2) is 50.1 Å². The zero-order valence-electron chi connectivity index (χ0n) is 14.6. The zero-order valence-corrected chi connectivity index (χ0v) is 16.2. The van der Waals surface area contributed by atoms with Crippen LogP contribution in [-0.2, 0) is 0 Å². The van der Waals surface area contributed by atoms with E-state index >= 15 is 0 Å². The first-order valence-electron chi connectivity index (χ1n) is 8.89. The standard InChI is InChI=1S/C20H23BrFN3O/c21-17-6-3-5-16(15-17)20(26)23-9-4-10-24-11-13-25(14-12-24)19-8-2-1-7-18(19)22/h1-3,5-8,15H,4,9-14H2,(H,23,26). The summed E-state index contributed by atoms with van der Waals surface area (Å²) in [5.74, 6) is -0.202. The van der Waals surface area contributed by atoms with Gasteiger partial charge in [-0.3, -0.25) is 9.69 Å². The summed E-state index contributed by atoms with van der Waals surface area (Å²) < 4.78 is 14.8. The summed E-state index contributed by atoms with van der Waals surface area (Å²) in [5.41, 5.74) is 1.35. The smallest absolute Gasteiger partial charge is 0.251 e. The Morgan fingerprint density at radius 3 is 2.58 bits per heavy atom. The summed E-state index contributed by atoms with van der Waals surface area (Å²) in [6.07, 6.45) is 0.902. The molecule has 0 radical (unpaired) electrons.